The summed E-state index contributed by atoms with van der Waals surface area (Å²) < 4.78 is 29.6. The smallest absolute Gasteiger partial charge is 0.153 e. The maximum absolute atomic E-state index is 14.0. The summed E-state index contributed by atoms with van der Waals surface area (Å²) in [7, 11) is 0. The Morgan fingerprint density at radius 1 is 1.19 bits per heavy atom. The van der Waals surface area contributed by atoms with Crippen molar-refractivity contribution in [2.24, 2.45) is 0 Å². The molecule has 1 aromatic carbocycles. The van der Waals surface area contributed by atoms with Crippen LogP contribution in [-0.4, -0.2) is 33.6 Å². The molecule has 0 radical (unpaired) electrons. The number of hydrogen-bond donors (Lipinski definition) is 0. The van der Waals surface area contributed by atoms with Gasteiger partial charge >= 0.3 is 0 Å². The second kappa shape index (κ2) is 4.92. The van der Waals surface area contributed by atoms with Crippen molar-refractivity contribution in [1.29, 1.82) is 0 Å². The van der Waals surface area contributed by atoms with Crippen LogP contribution in [0.3, 0.4) is 0 Å². The van der Waals surface area contributed by atoms with Gasteiger partial charge in [0, 0.05) is 18.7 Å². The van der Waals surface area contributed by atoms with E-state index >= 15 is 0 Å². The van der Waals surface area contributed by atoms with Crippen molar-refractivity contribution in [3.05, 3.63) is 29.6 Å². The molecule has 2 saturated heterocycles. The molecule has 0 saturated carbocycles. The minimum Gasteiger partial charge on any atom is -0.322 e. The zero-order chi connectivity index (χ0) is 14.6. The Morgan fingerprint density at radius 2 is 2.05 bits per heavy atom. The first-order valence-corrected chi connectivity index (χ1v) is 7.88. The van der Waals surface area contributed by atoms with Gasteiger partial charge in [0.15, 0.2) is 5.82 Å². The van der Waals surface area contributed by atoms with Crippen LogP contribution < -0.4 is 0 Å². The van der Waals surface area contributed by atoms with Gasteiger partial charge in [0.25, 0.3) is 0 Å². The van der Waals surface area contributed by atoms with Crippen molar-refractivity contribution in [3.8, 4) is 0 Å². The molecular formula is C15H16ClF2N3. The maximum Gasteiger partial charge on any atom is 0.153 e. The number of halogens is 3. The lowest BCUT2D eigenvalue weighted by Crippen LogP contribution is -2.28. The summed E-state index contributed by atoms with van der Waals surface area (Å²) >= 11 is 6.00. The van der Waals surface area contributed by atoms with E-state index in [1.165, 1.54) is 12.5 Å². The molecule has 0 aliphatic carbocycles. The van der Waals surface area contributed by atoms with E-state index in [1.54, 1.807) is 0 Å². The minimum absolute atomic E-state index is 0.207. The first kappa shape index (κ1) is 13.5. The minimum atomic E-state index is -0.614. The average molecular weight is 312 g/mol. The van der Waals surface area contributed by atoms with E-state index in [1.807, 2.05) is 4.57 Å². The Balaban J connectivity index is 1.90. The van der Waals surface area contributed by atoms with Gasteiger partial charge in [-0.3, -0.25) is 4.90 Å². The van der Waals surface area contributed by atoms with Gasteiger partial charge in [-0.1, -0.05) is 0 Å². The molecule has 2 aliphatic rings. The van der Waals surface area contributed by atoms with E-state index in [9.17, 15) is 8.78 Å². The van der Waals surface area contributed by atoms with Crippen molar-refractivity contribution < 1.29 is 8.78 Å². The fraction of sp³-hybridized carbons (Fsp3) is 0.533. The molecule has 0 bridgehead atoms. The molecular weight excluding hydrogens is 296 g/mol. The molecule has 0 spiro atoms. The highest BCUT2D eigenvalue weighted by Gasteiger charge is 2.39. The molecule has 2 fully saturated rings. The van der Waals surface area contributed by atoms with Crippen LogP contribution in [0.15, 0.2) is 12.1 Å². The number of fused-ring (bicyclic) bond motifs is 2. The van der Waals surface area contributed by atoms with Gasteiger partial charge < -0.3 is 4.57 Å². The highest BCUT2D eigenvalue weighted by Crippen LogP contribution is 2.39. The molecule has 6 heteroatoms. The van der Waals surface area contributed by atoms with Crippen LogP contribution >= 0.6 is 11.6 Å². The quantitative estimate of drug-likeness (QED) is 0.792. The normalized spacial score (nSPS) is 25.9. The van der Waals surface area contributed by atoms with E-state index in [0.717, 1.165) is 32.0 Å². The number of hydrogen-bond acceptors (Lipinski definition) is 2. The number of aromatic nitrogens is 2. The number of nitrogens with zero attached hydrogens (tertiary/aromatic N) is 3. The molecule has 21 heavy (non-hydrogen) atoms. The molecule has 3 nitrogen and oxygen atoms in total. The lowest BCUT2D eigenvalue weighted by molar-refractivity contribution is 0.290. The van der Waals surface area contributed by atoms with Crippen molar-refractivity contribution in [2.45, 2.75) is 37.2 Å². The van der Waals surface area contributed by atoms with E-state index in [-0.39, 0.29) is 17.4 Å². The molecule has 2 atom stereocenters. The topological polar surface area (TPSA) is 21.1 Å². The SMILES string of the molecule is Fc1cc(F)c2nc(CCl)n(C3CCN4CCCC34)c2c1. The maximum atomic E-state index is 14.0. The molecule has 0 N–H and O–H groups in total. The van der Waals surface area contributed by atoms with Crippen LogP contribution in [-0.2, 0) is 5.88 Å². The Kier molecular flexibility index (Phi) is 3.15. The second-order valence-corrected chi connectivity index (χ2v) is 6.16. The lowest BCUT2D eigenvalue weighted by atomic mass is 10.1. The molecule has 2 aromatic rings. The number of benzene rings is 1. The highest BCUT2D eigenvalue weighted by atomic mass is 35.5. The van der Waals surface area contributed by atoms with Crippen LogP contribution in [0.1, 0.15) is 31.1 Å². The van der Waals surface area contributed by atoms with Crippen molar-refractivity contribution in [3.63, 3.8) is 0 Å². The lowest BCUT2D eigenvalue weighted by Gasteiger charge is -2.23. The Morgan fingerprint density at radius 3 is 2.86 bits per heavy atom. The molecule has 3 heterocycles. The Labute approximate surface area is 126 Å². The molecule has 4 rings (SSSR count). The van der Waals surface area contributed by atoms with Crippen molar-refractivity contribution in [2.75, 3.05) is 13.1 Å². The standard InChI is InChI=1S/C15H16ClF2N3/c16-8-14-19-15-10(18)6-9(17)7-13(15)21(14)12-3-5-20-4-1-2-11(12)20/h6-7,11-12H,1-5,8H2. The summed E-state index contributed by atoms with van der Waals surface area (Å²) in [5, 5.41) is 0. The van der Waals surface area contributed by atoms with E-state index < -0.39 is 11.6 Å². The summed E-state index contributed by atoms with van der Waals surface area (Å²) in [5.41, 5.74) is 0.755. The largest absolute Gasteiger partial charge is 0.322 e. The van der Waals surface area contributed by atoms with Crippen molar-refractivity contribution in [1.82, 2.24) is 14.5 Å². The Hall–Kier alpha value is -1.20. The molecule has 1 aromatic heterocycles. The van der Waals surface area contributed by atoms with Crippen LogP contribution in [0.2, 0.25) is 0 Å². The van der Waals surface area contributed by atoms with Crippen LogP contribution in [0, 0.1) is 11.6 Å². The number of alkyl halides is 1. The third kappa shape index (κ3) is 1.98. The monoisotopic (exact) mass is 311 g/mol. The van der Waals surface area contributed by atoms with Crippen LogP contribution in [0.25, 0.3) is 11.0 Å². The highest BCUT2D eigenvalue weighted by molar-refractivity contribution is 6.16. The molecule has 2 unspecified atom stereocenters. The van der Waals surface area contributed by atoms with Gasteiger partial charge in [0.2, 0.25) is 0 Å². The third-order valence-electron chi connectivity index (χ3n) is 4.81. The second-order valence-electron chi connectivity index (χ2n) is 5.89. The number of rotatable bonds is 2. The first-order chi connectivity index (χ1) is 10.2. The van der Waals surface area contributed by atoms with E-state index in [0.29, 0.717) is 17.4 Å². The predicted molar refractivity (Wildman–Crippen MR) is 77.5 cm³/mol. The predicted octanol–water partition coefficient (Wildman–Crippen LogP) is 3.46. The van der Waals surface area contributed by atoms with Crippen LogP contribution in [0.5, 0.6) is 0 Å². The van der Waals surface area contributed by atoms with Gasteiger partial charge in [-0.2, -0.15) is 0 Å². The first-order valence-electron chi connectivity index (χ1n) is 7.35. The van der Waals surface area contributed by atoms with Crippen LogP contribution in [0.4, 0.5) is 8.78 Å². The summed E-state index contributed by atoms with van der Waals surface area (Å²) in [6.07, 6.45) is 3.30. The molecule has 112 valence electrons. The van der Waals surface area contributed by atoms with E-state index in [4.69, 9.17) is 11.6 Å². The van der Waals surface area contributed by atoms with E-state index in [2.05, 4.69) is 9.88 Å². The summed E-state index contributed by atoms with van der Waals surface area (Å²) in [6, 6.07) is 2.91. The van der Waals surface area contributed by atoms with Gasteiger partial charge in [0.05, 0.1) is 17.4 Å². The average Bonchev–Trinajstić information content (AvgIpc) is 3.11. The zero-order valence-corrected chi connectivity index (χ0v) is 12.3. The van der Waals surface area contributed by atoms with Gasteiger partial charge in [-0.25, -0.2) is 13.8 Å². The van der Waals surface area contributed by atoms with Gasteiger partial charge in [0.1, 0.15) is 17.2 Å². The van der Waals surface area contributed by atoms with Crippen molar-refractivity contribution >= 4 is 22.6 Å². The zero-order valence-electron chi connectivity index (χ0n) is 11.5. The third-order valence-corrected chi connectivity index (χ3v) is 5.05. The Bertz CT molecular complexity index is 700. The van der Waals surface area contributed by atoms with Gasteiger partial charge in [-0.15, -0.1) is 11.6 Å². The fourth-order valence-corrected chi connectivity index (χ4v) is 4.18. The fourth-order valence-electron chi connectivity index (χ4n) is 3.99. The summed E-state index contributed by atoms with van der Waals surface area (Å²) in [5.74, 6) is -0.339. The van der Waals surface area contributed by atoms with Gasteiger partial charge in [-0.05, 0) is 31.9 Å². The summed E-state index contributed by atoms with van der Waals surface area (Å²) in [4.78, 5) is 6.76. The summed E-state index contributed by atoms with van der Waals surface area (Å²) in [6.45, 7) is 2.15. The molecule has 2 aliphatic heterocycles. The number of imidazole rings is 1. The molecule has 0 amide bonds.